The van der Waals surface area contributed by atoms with Gasteiger partial charge in [0.05, 0.1) is 19.1 Å². The van der Waals surface area contributed by atoms with Gasteiger partial charge in [0.2, 0.25) is 0 Å². The maximum Gasteiger partial charge on any atom is 0.307 e. The fourth-order valence-electron chi connectivity index (χ4n) is 1.19. The van der Waals surface area contributed by atoms with Crippen molar-refractivity contribution in [1.29, 1.82) is 0 Å². The van der Waals surface area contributed by atoms with Gasteiger partial charge in [0, 0.05) is 12.4 Å². The molecule has 0 bridgehead atoms. The number of carbonyl (C=O) groups is 1. The molecule has 1 aromatic rings. The highest BCUT2D eigenvalue weighted by Gasteiger charge is 2.08. The van der Waals surface area contributed by atoms with Crippen LogP contribution in [0.15, 0.2) is 24.5 Å². The number of nitrogens with zero attached hydrogens (tertiary/aromatic N) is 1. The molecular weight excluding hydrogens is 180 g/mol. The molecule has 1 unspecified atom stereocenters. The van der Waals surface area contributed by atoms with Crippen LogP contribution in [0.5, 0.6) is 0 Å². The average molecular weight is 196 g/mol. The van der Waals surface area contributed by atoms with Crippen LogP contribution in [0, 0.1) is 0 Å². The van der Waals surface area contributed by atoms with Crippen LogP contribution in [-0.4, -0.2) is 23.3 Å². The Bertz CT molecular complexity index is 270. The fourth-order valence-corrected chi connectivity index (χ4v) is 1.19. The van der Waals surface area contributed by atoms with Gasteiger partial charge in [-0.25, -0.2) is 0 Å². The lowest BCUT2D eigenvalue weighted by molar-refractivity contribution is -0.143. The van der Waals surface area contributed by atoms with E-state index in [1.165, 1.54) is 0 Å². The number of rotatable bonds is 5. The summed E-state index contributed by atoms with van der Waals surface area (Å²) in [5.41, 5.74) is 3.13. The molecule has 0 fully saturated rings. The van der Waals surface area contributed by atoms with E-state index in [1.54, 1.807) is 0 Å². The molecule has 14 heavy (non-hydrogen) atoms. The molecule has 0 aliphatic carbocycles. The minimum absolute atomic E-state index is 0.0708. The van der Waals surface area contributed by atoms with E-state index in [2.05, 4.69) is 5.43 Å². The molecule has 0 radical (unpaired) electrons. The van der Waals surface area contributed by atoms with Crippen molar-refractivity contribution < 1.29 is 9.53 Å². The van der Waals surface area contributed by atoms with Crippen LogP contribution < -0.4 is 5.43 Å². The van der Waals surface area contributed by atoms with Crippen LogP contribution in [0.25, 0.3) is 0 Å². The molecule has 1 rings (SSSR count). The standard InChI is InChI=1S/C10H16N2O2/c1-3-14-10(13)8-9(2)11-12-6-4-5-7-12/h4-7,9,11H,3,8H2,1-2H3. The van der Waals surface area contributed by atoms with Crippen molar-refractivity contribution in [2.75, 3.05) is 12.0 Å². The third-order valence-electron chi connectivity index (χ3n) is 1.75. The first-order valence-corrected chi connectivity index (χ1v) is 4.77. The van der Waals surface area contributed by atoms with Gasteiger partial charge in [-0.15, -0.1) is 0 Å². The van der Waals surface area contributed by atoms with Crippen molar-refractivity contribution in [2.24, 2.45) is 0 Å². The molecule has 1 atom stereocenters. The summed E-state index contributed by atoms with van der Waals surface area (Å²) in [7, 11) is 0. The number of nitrogens with one attached hydrogen (secondary N) is 1. The minimum Gasteiger partial charge on any atom is -0.466 e. The lowest BCUT2D eigenvalue weighted by Crippen LogP contribution is -2.27. The lowest BCUT2D eigenvalue weighted by atomic mass is 10.2. The van der Waals surface area contributed by atoms with E-state index in [0.29, 0.717) is 13.0 Å². The second kappa shape index (κ2) is 5.32. The molecule has 0 saturated carbocycles. The molecule has 78 valence electrons. The summed E-state index contributed by atoms with van der Waals surface area (Å²) in [6, 6.07) is 3.91. The Morgan fingerprint density at radius 2 is 2.14 bits per heavy atom. The number of carbonyl (C=O) groups excluding carboxylic acids is 1. The zero-order valence-electron chi connectivity index (χ0n) is 8.56. The SMILES string of the molecule is CCOC(=O)CC(C)Nn1cccc1. The summed E-state index contributed by atoms with van der Waals surface area (Å²) in [5.74, 6) is -0.167. The molecule has 0 aliphatic heterocycles. The van der Waals surface area contributed by atoms with Crippen molar-refractivity contribution in [3.05, 3.63) is 24.5 Å². The summed E-state index contributed by atoms with van der Waals surface area (Å²) in [5, 5.41) is 0. The van der Waals surface area contributed by atoms with Gasteiger partial charge in [-0.05, 0) is 26.0 Å². The average Bonchev–Trinajstić information content (AvgIpc) is 2.56. The Kier molecular flexibility index (Phi) is 4.04. The minimum atomic E-state index is -0.167. The Morgan fingerprint density at radius 3 is 2.71 bits per heavy atom. The van der Waals surface area contributed by atoms with Crippen molar-refractivity contribution in [1.82, 2.24) is 4.68 Å². The van der Waals surface area contributed by atoms with Crippen LogP contribution >= 0.6 is 0 Å². The number of aromatic nitrogens is 1. The van der Waals surface area contributed by atoms with Gasteiger partial charge in [-0.1, -0.05) is 0 Å². The number of esters is 1. The Hall–Kier alpha value is -1.45. The van der Waals surface area contributed by atoms with Crippen molar-refractivity contribution in [2.45, 2.75) is 26.3 Å². The predicted molar refractivity (Wildman–Crippen MR) is 54.5 cm³/mol. The van der Waals surface area contributed by atoms with E-state index in [9.17, 15) is 4.79 Å². The first kappa shape index (κ1) is 10.6. The van der Waals surface area contributed by atoms with E-state index in [1.807, 2.05) is 43.0 Å². The molecule has 0 amide bonds. The summed E-state index contributed by atoms with van der Waals surface area (Å²) in [4.78, 5) is 11.1. The van der Waals surface area contributed by atoms with Gasteiger partial charge in [0.15, 0.2) is 0 Å². The van der Waals surface area contributed by atoms with Crippen LogP contribution in [0.2, 0.25) is 0 Å². The summed E-state index contributed by atoms with van der Waals surface area (Å²) >= 11 is 0. The smallest absolute Gasteiger partial charge is 0.307 e. The third kappa shape index (κ3) is 3.51. The van der Waals surface area contributed by atoms with Gasteiger partial charge in [0.1, 0.15) is 0 Å². The monoisotopic (exact) mass is 196 g/mol. The lowest BCUT2D eigenvalue weighted by Gasteiger charge is -2.14. The van der Waals surface area contributed by atoms with Gasteiger partial charge in [-0.3, -0.25) is 9.47 Å². The van der Waals surface area contributed by atoms with Gasteiger partial charge in [-0.2, -0.15) is 0 Å². The first-order chi connectivity index (χ1) is 6.72. The molecule has 1 N–H and O–H groups in total. The zero-order chi connectivity index (χ0) is 10.4. The quantitative estimate of drug-likeness (QED) is 0.723. The molecule has 0 aromatic carbocycles. The highest BCUT2D eigenvalue weighted by atomic mass is 16.5. The first-order valence-electron chi connectivity index (χ1n) is 4.77. The van der Waals surface area contributed by atoms with E-state index in [-0.39, 0.29) is 12.0 Å². The zero-order valence-corrected chi connectivity index (χ0v) is 8.56. The molecular formula is C10H16N2O2. The summed E-state index contributed by atoms with van der Waals surface area (Å²) in [6.45, 7) is 4.19. The van der Waals surface area contributed by atoms with Gasteiger partial charge in [0.25, 0.3) is 0 Å². The number of ether oxygens (including phenoxy) is 1. The van der Waals surface area contributed by atoms with Crippen LogP contribution in [0.1, 0.15) is 20.3 Å². The molecule has 4 nitrogen and oxygen atoms in total. The van der Waals surface area contributed by atoms with Crippen molar-refractivity contribution >= 4 is 5.97 Å². The maximum absolute atomic E-state index is 11.1. The van der Waals surface area contributed by atoms with Crippen LogP contribution in [0.3, 0.4) is 0 Å². The van der Waals surface area contributed by atoms with Gasteiger partial charge >= 0.3 is 5.97 Å². The molecule has 1 heterocycles. The number of hydrogen-bond donors (Lipinski definition) is 1. The van der Waals surface area contributed by atoms with E-state index in [0.717, 1.165) is 0 Å². The second-order valence-corrected chi connectivity index (χ2v) is 3.13. The third-order valence-corrected chi connectivity index (χ3v) is 1.75. The largest absolute Gasteiger partial charge is 0.466 e. The van der Waals surface area contributed by atoms with Gasteiger partial charge < -0.3 is 10.2 Å². The summed E-state index contributed by atoms with van der Waals surface area (Å²) < 4.78 is 6.67. The van der Waals surface area contributed by atoms with Crippen LogP contribution in [-0.2, 0) is 9.53 Å². The maximum atomic E-state index is 11.1. The highest BCUT2D eigenvalue weighted by Crippen LogP contribution is 1.96. The second-order valence-electron chi connectivity index (χ2n) is 3.13. The highest BCUT2D eigenvalue weighted by molar-refractivity contribution is 5.70. The Balaban J connectivity index is 2.29. The summed E-state index contributed by atoms with van der Waals surface area (Å²) in [6.07, 6.45) is 4.16. The molecule has 0 spiro atoms. The molecule has 4 heteroatoms. The van der Waals surface area contributed by atoms with E-state index >= 15 is 0 Å². The normalized spacial score (nSPS) is 12.1. The molecule has 0 saturated heterocycles. The molecule has 0 aliphatic rings. The fraction of sp³-hybridized carbons (Fsp3) is 0.500. The Labute approximate surface area is 83.8 Å². The molecule has 1 aromatic heterocycles. The van der Waals surface area contributed by atoms with E-state index in [4.69, 9.17) is 4.74 Å². The topological polar surface area (TPSA) is 43.3 Å². The van der Waals surface area contributed by atoms with Crippen molar-refractivity contribution in [3.63, 3.8) is 0 Å². The predicted octanol–water partition coefficient (Wildman–Crippen LogP) is 1.37. The van der Waals surface area contributed by atoms with Crippen LogP contribution in [0.4, 0.5) is 0 Å². The number of hydrogen-bond acceptors (Lipinski definition) is 3. The van der Waals surface area contributed by atoms with E-state index < -0.39 is 0 Å². The Morgan fingerprint density at radius 1 is 1.50 bits per heavy atom. The van der Waals surface area contributed by atoms with Crippen molar-refractivity contribution in [3.8, 4) is 0 Å².